The Balaban J connectivity index is 1.55. The van der Waals surface area contributed by atoms with E-state index >= 15 is 0 Å². The van der Waals surface area contributed by atoms with Gasteiger partial charge in [-0.3, -0.25) is 23.2 Å². The lowest BCUT2D eigenvalue weighted by molar-refractivity contribution is -0.123. The fourth-order valence-electron chi connectivity index (χ4n) is 5.29. The number of nitrogens with zero attached hydrogens (tertiary/aromatic N) is 3. The van der Waals surface area contributed by atoms with Crippen molar-refractivity contribution in [3.8, 4) is 0 Å². The molecule has 1 aliphatic rings. The average Bonchev–Trinajstić information content (AvgIpc) is 2.90. The van der Waals surface area contributed by atoms with Gasteiger partial charge in [-0.15, -0.1) is 0 Å². The molecule has 1 saturated carbocycles. The van der Waals surface area contributed by atoms with Gasteiger partial charge in [0.2, 0.25) is 5.91 Å². The second kappa shape index (κ2) is 12.0. The van der Waals surface area contributed by atoms with Crippen LogP contribution in [0.25, 0.3) is 0 Å². The molecular formula is C29H35N4O3S-. The van der Waals surface area contributed by atoms with Crippen molar-refractivity contribution < 1.29 is 13.6 Å². The number of carbonyl (C=O) groups excluding carboxylic acids is 1. The molecule has 1 N–H and O–H groups in total. The summed E-state index contributed by atoms with van der Waals surface area (Å²) in [4.78, 5) is 20.6. The molecule has 1 aliphatic carbocycles. The normalized spacial score (nSPS) is 21.3. The number of amides is 1. The largest absolute Gasteiger partial charge is 0.755 e. The average molecular weight is 520 g/mol. The molecule has 37 heavy (non-hydrogen) atoms. The van der Waals surface area contributed by atoms with Gasteiger partial charge in [0, 0.05) is 35.6 Å². The monoisotopic (exact) mass is 519 g/mol. The van der Waals surface area contributed by atoms with E-state index in [0.717, 1.165) is 42.5 Å². The predicted molar refractivity (Wildman–Crippen MR) is 147 cm³/mol. The minimum atomic E-state index is -2.63. The number of benzene rings is 2. The third-order valence-electron chi connectivity index (χ3n) is 7.46. The van der Waals surface area contributed by atoms with E-state index in [1.54, 1.807) is 12.1 Å². The van der Waals surface area contributed by atoms with Crippen LogP contribution in [0.4, 0.5) is 5.69 Å². The first-order valence-electron chi connectivity index (χ1n) is 12.7. The Labute approximate surface area is 222 Å². The van der Waals surface area contributed by atoms with Gasteiger partial charge < -0.3 is 9.87 Å². The number of aromatic nitrogens is 1. The Morgan fingerprint density at radius 3 is 2.27 bits per heavy atom. The molecule has 1 fully saturated rings. The van der Waals surface area contributed by atoms with Crippen LogP contribution in [0, 0.1) is 6.92 Å². The number of carbonyl (C=O) groups is 1. The summed E-state index contributed by atoms with van der Waals surface area (Å²) < 4.78 is 26.1. The van der Waals surface area contributed by atoms with Crippen molar-refractivity contribution in [3.05, 3.63) is 95.8 Å². The summed E-state index contributed by atoms with van der Waals surface area (Å²) in [7, 11) is 4.15. The van der Waals surface area contributed by atoms with Crippen LogP contribution in [0.5, 0.6) is 0 Å². The van der Waals surface area contributed by atoms with E-state index in [1.165, 1.54) is 4.31 Å². The second-order valence-corrected chi connectivity index (χ2v) is 10.8. The number of nitrogens with one attached hydrogen (secondary N) is 1. The summed E-state index contributed by atoms with van der Waals surface area (Å²) in [5.74, 6) is -0.284. The topological polar surface area (TPSA) is 88.6 Å². The smallest absolute Gasteiger partial charge is 0.244 e. The Hall–Kier alpha value is -3.07. The molecule has 2 atom stereocenters. The summed E-state index contributed by atoms with van der Waals surface area (Å²) in [5, 5.41) is 3.19. The van der Waals surface area contributed by atoms with Gasteiger partial charge in [0.15, 0.2) is 0 Å². The number of hydrogen-bond donors (Lipinski definition) is 1. The van der Waals surface area contributed by atoms with E-state index in [2.05, 4.69) is 35.4 Å². The maximum absolute atomic E-state index is 13.7. The minimum absolute atomic E-state index is 0.0393. The molecule has 0 bridgehead atoms. The molecule has 0 radical (unpaired) electrons. The fourth-order valence-corrected chi connectivity index (χ4v) is 5.96. The number of rotatable bonds is 9. The van der Waals surface area contributed by atoms with Crippen LogP contribution in [-0.4, -0.2) is 50.7 Å². The van der Waals surface area contributed by atoms with Crippen LogP contribution in [0.3, 0.4) is 0 Å². The summed E-state index contributed by atoms with van der Waals surface area (Å²) in [6.45, 7) is 1.94. The highest BCUT2D eigenvalue weighted by molar-refractivity contribution is 7.80. The molecule has 1 amide bonds. The molecule has 1 aromatic heterocycles. The number of pyridine rings is 1. The highest BCUT2D eigenvalue weighted by atomic mass is 32.2. The third kappa shape index (κ3) is 6.26. The molecule has 1 heterocycles. The van der Waals surface area contributed by atoms with E-state index in [-0.39, 0.29) is 23.9 Å². The zero-order valence-corrected chi connectivity index (χ0v) is 22.5. The van der Waals surface area contributed by atoms with Crippen molar-refractivity contribution in [2.45, 2.75) is 56.7 Å². The maximum atomic E-state index is 13.7. The van der Waals surface area contributed by atoms with Gasteiger partial charge in [0.25, 0.3) is 0 Å². The predicted octanol–water partition coefficient (Wildman–Crippen LogP) is 4.12. The van der Waals surface area contributed by atoms with Crippen LogP contribution >= 0.6 is 0 Å². The van der Waals surface area contributed by atoms with Crippen molar-refractivity contribution in [2.75, 3.05) is 18.4 Å². The molecule has 3 aromatic rings. The summed E-state index contributed by atoms with van der Waals surface area (Å²) in [5.41, 5.74) is 3.25. The van der Waals surface area contributed by atoms with E-state index in [1.807, 2.05) is 67.7 Å². The molecule has 4 rings (SSSR count). The first kappa shape index (κ1) is 27.0. The molecule has 0 aliphatic heterocycles. The zero-order valence-electron chi connectivity index (χ0n) is 21.7. The van der Waals surface area contributed by atoms with Crippen molar-refractivity contribution in [2.24, 2.45) is 0 Å². The number of anilines is 1. The van der Waals surface area contributed by atoms with Crippen LogP contribution in [0.15, 0.2) is 79.0 Å². The molecule has 2 unspecified atom stereocenters. The molecule has 7 nitrogen and oxygen atoms in total. The molecular weight excluding hydrogens is 484 g/mol. The molecule has 0 spiro atoms. The SMILES string of the molecule is Cc1ccc(N(C(Cc2ccccc2)C(=O)NC2CCC(c3ccccn3)(N(C)C)CC2)S(=O)[O-])cc1. The summed E-state index contributed by atoms with van der Waals surface area (Å²) >= 11 is -2.63. The lowest BCUT2D eigenvalue weighted by atomic mass is 9.76. The Morgan fingerprint density at radius 1 is 1.05 bits per heavy atom. The van der Waals surface area contributed by atoms with Gasteiger partial charge >= 0.3 is 0 Å². The van der Waals surface area contributed by atoms with E-state index in [4.69, 9.17) is 0 Å². The van der Waals surface area contributed by atoms with Gasteiger partial charge in [-0.25, -0.2) is 0 Å². The minimum Gasteiger partial charge on any atom is -0.755 e. The lowest BCUT2D eigenvalue weighted by Gasteiger charge is -2.45. The van der Waals surface area contributed by atoms with Crippen molar-refractivity contribution >= 4 is 22.9 Å². The van der Waals surface area contributed by atoms with Gasteiger partial charge in [0.1, 0.15) is 6.04 Å². The van der Waals surface area contributed by atoms with Crippen molar-refractivity contribution in [3.63, 3.8) is 0 Å². The number of aryl methyl sites for hydroxylation is 1. The molecule has 8 heteroatoms. The Kier molecular flexibility index (Phi) is 8.74. The molecule has 2 aromatic carbocycles. The van der Waals surface area contributed by atoms with E-state index < -0.39 is 17.3 Å². The van der Waals surface area contributed by atoms with E-state index in [0.29, 0.717) is 5.69 Å². The van der Waals surface area contributed by atoms with Gasteiger partial charge in [-0.1, -0.05) is 54.1 Å². The van der Waals surface area contributed by atoms with Crippen LogP contribution in [0.1, 0.15) is 42.5 Å². The maximum Gasteiger partial charge on any atom is 0.244 e. The van der Waals surface area contributed by atoms with Crippen molar-refractivity contribution in [1.29, 1.82) is 0 Å². The Bertz CT molecular complexity index is 1180. The Morgan fingerprint density at radius 2 is 1.70 bits per heavy atom. The highest BCUT2D eigenvalue weighted by Crippen LogP contribution is 2.40. The second-order valence-electron chi connectivity index (χ2n) is 10.0. The van der Waals surface area contributed by atoms with Crippen molar-refractivity contribution in [1.82, 2.24) is 15.2 Å². The van der Waals surface area contributed by atoms with Gasteiger partial charge in [-0.05, 0) is 76.5 Å². The third-order valence-corrected chi connectivity index (χ3v) is 8.25. The summed E-state index contributed by atoms with van der Waals surface area (Å²) in [6, 6.07) is 21.8. The van der Waals surface area contributed by atoms with E-state index in [9.17, 15) is 13.6 Å². The highest BCUT2D eigenvalue weighted by Gasteiger charge is 2.41. The standard InChI is InChI=1S/C29H36N4O3S/c1-22-12-14-25(15-13-22)33(37(35)36)26(21-23-9-5-4-6-10-23)28(34)31-24-16-18-29(19-17-24,32(2)3)27-11-7-8-20-30-27/h4-15,20,24,26H,16-19,21H2,1-3H3,(H,31,34)(H,35,36)/p-1. The molecule has 0 saturated heterocycles. The summed E-state index contributed by atoms with van der Waals surface area (Å²) in [6.07, 6.45) is 5.36. The van der Waals surface area contributed by atoms with Gasteiger partial charge in [0.05, 0.1) is 11.2 Å². The quantitative estimate of drug-likeness (QED) is 0.430. The first-order chi connectivity index (χ1) is 17.8. The van der Waals surface area contributed by atoms with Gasteiger partial charge in [-0.2, -0.15) is 0 Å². The van der Waals surface area contributed by atoms with Crippen LogP contribution < -0.4 is 9.62 Å². The number of hydrogen-bond acceptors (Lipinski definition) is 5. The fraction of sp³-hybridized carbons (Fsp3) is 0.379. The van der Waals surface area contributed by atoms with Crippen LogP contribution in [0.2, 0.25) is 0 Å². The zero-order chi connectivity index (χ0) is 26.4. The molecule has 196 valence electrons. The lowest BCUT2D eigenvalue weighted by Crippen LogP contribution is -2.54. The van der Waals surface area contributed by atoms with Crippen LogP contribution in [-0.2, 0) is 28.0 Å². The first-order valence-corrected chi connectivity index (χ1v) is 13.7.